The molecule has 1 atom stereocenters. The summed E-state index contributed by atoms with van der Waals surface area (Å²) in [5.74, 6) is -0.164. The van der Waals surface area contributed by atoms with Gasteiger partial charge in [0, 0.05) is 12.2 Å². The lowest BCUT2D eigenvalue weighted by Crippen LogP contribution is -2.45. The van der Waals surface area contributed by atoms with Gasteiger partial charge in [-0.2, -0.15) is 0 Å². The average molecular weight is 407 g/mol. The van der Waals surface area contributed by atoms with Crippen LogP contribution in [0.5, 0.6) is 5.75 Å². The smallest absolute Gasteiger partial charge is 0.325 e. The standard InChI is InChI=1S/C23H25N3O4/c1-4-15-25(18-9-7-6-8-10-18)20(27)16-26-21(28)23(5-2,24-22(26)29)17-11-13-19(30-3)14-12-17/h4,6-14H,1,5,15-16H2,2-3H3,(H,24,29)/t23-/m1/s1. The van der Waals surface area contributed by atoms with E-state index in [1.807, 2.05) is 25.1 Å². The SMILES string of the molecule is C=CCN(C(=O)CN1C(=O)N[C@](CC)(c2ccc(OC)cc2)C1=O)c1ccccc1. The zero-order valence-electron chi connectivity index (χ0n) is 17.1. The molecule has 1 N–H and O–H groups in total. The second-order valence-electron chi connectivity index (χ2n) is 6.94. The quantitative estimate of drug-likeness (QED) is 0.539. The van der Waals surface area contributed by atoms with Gasteiger partial charge in [0.1, 0.15) is 17.8 Å². The molecule has 7 nitrogen and oxygen atoms in total. The van der Waals surface area contributed by atoms with Crippen LogP contribution in [-0.2, 0) is 15.1 Å². The summed E-state index contributed by atoms with van der Waals surface area (Å²) in [5.41, 5.74) is 0.107. The number of imide groups is 1. The first kappa shape index (κ1) is 21.1. The number of hydrogen-bond acceptors (Lipinski definition) is 4. The molecule has 3 rings (SSSR count). The van der Waals surface area contributed by atoms with Gasteiger partial charge in [0.05, 0.1) is 7.11 Å². The molecule has 0 radical (unpaired) electrons. The molecule has 2 aromatic carbocycles. The van der Waals surface area contributed by atoms with Crippen LogP contribution in [0.2, 0.25) is 0 Å². The van der Waals surface area contributed by atoms with Crippen molar-refractivity contribution >= 4 is 23.5 Å². The molecule has 1 aliphatic rings. The van der Waals surface area contributed by atoms with Gasteiger partial charge in [-0.3, -0.25) is 14.5 Å². The third-order valence-corrected chi connectivity index (χ3v) is 5.26. The van der Waals surface area contributed by atoms with Crippen LogP contribution in [0.4, 0.5) is 10.5 Å². The van der Waals surface area contributed by atoms with Crippen LogP contribution in [0.1, 0.15) is 18.9 Å². The predicted octanol–water partition coefficient (Wildman–Crippen LogP) is 3.07. The monoisotopic (exact) mass is 407 g/mol. The zero-order chi connectivity index (χ0) is 21.7. The fourth-order valence-corrected chi connectivity index (χ4v) is 3.59. The van der Waals surface area contributed by atoms with Crippen molar-refractivity contribution in [3.05, 3.63) is 72.8 Å². The topological polar surface area (TPSA) is 79.0 Å². The number of hydrogen-bond donors (Lipinski definition) is 1. The fraction of sp³-hybridized carbons (Fsp3) is 0.261. The van der Waals surface area contributed by atoms with E-state index in [2.05, 4.69) is 11.9 Å². The van der Waals surface area contributed by atoms with Gasteiger partial charge in [-0.05, 0) is 36.2 Å². The number of methoxy groups -OCH3 is 1. The second kappa shape index (κ2) is 8.82. The van der Waals surface area contributed by atoms with Crippen molar-refractivity contribution in [3.8, 4) is 5.75 Å². The first-order valence-corrected chi connectivity index (χ1v) is 9.71. The molecule has 0 aliphatic carbocycles. The third-order valence-electron chi connectivity index (χ3n) is 5.26. The van der Waals surface area contributed by atoms with Gasteiger partial charge in [0.2, 0.25) is 5.91 Å². The summed E-state index contributed by atoms with van der Waals surface area (Å²) in [6, 6.07) is 15.5. The number of amides is 4. The number of benzene rings is 2. The molecule has 30 heavy (non-hydrogen) atoms. The second-order valence-corrected chi connectivity index (χ2v) is 6.94. The minimum Gasteiger partial charge on any atom is -0.497 e. The van der Waals surface area contributed by atoms with E-state index in [0.717, 1.165) is 4.90 Å². The molecule has 1 heterocycles. The van der Waals surface area contributed by atoms with Gasteiger partial charge in [-0.25, -0.2) is 4.79 Å². The maximum Gasteiger partial charge on any atom is 0.325 e. The number of rotatable bonds is 8. The lowest BCUT2D eigenvalue weighted by atomic mass is 9.87. The number of urea groups is 1. The Balaban J connectivity index is 1.85. The van der Waals surface area contributed by atoms with Gasteiger partial charge in [-0.15, -0.1) is 6.58 Å². The molecule has 1 aliphatic heterocycles. The molecule has 1 saturated heterocycles. The van der Waals surface area contributed by atoms with Crippen molar-refractivity contribution in [2.24, 2.45) is 0 Å². The van der Waals surface area contributed by atoms with Gasteiger partial charge >= 0.3 is 6.03 Å². The molecular formula is C23H25N3O4. The van der Waals surface area contributed by atoms with E-state index in [9.17, 15) is 14.4 Å². The highest BCUT2D eigenvalue weighted by atomic mass is 16.5. The van der Waals surface area contributed by atoms with E-state index in [1.165, 1.54) is 4.90 Å². The Labute approximate surface area is 175 Å². The van der Waals surface area contributed by atoms with Crippen molar-refractivity contribution in [3.63, 3.8) is 0 Å². The van der Waals surface area contributed by atoms with Crippen molar-refractivity contribution in [1.82, 2.24) is 10.2 Å². The first-order chi connectivity index (χ1) is 14.5. The Bertz CT molecular complexity index is 943. The molecule has 0 unspecified atom stereocenters. The molecular weight excluding hydrogens is 382 g/mol. The van der Waals surface area contributed by atoms with Gasteiger partial charge in [0.15, 0.2) is 0 Å². The lowest BCUT2D eigenvalue weighted by molar-refractivity contribution is -0.134. The summed E-state index contributed by atoms with van der Waals surface area (Å²) in [5, 5.41) is 2.79. The van der Waals surface area contributed by atoms with Crippen molar-refractivity contribution < 1.29 is 19.1 Å². The van der Waals surface area contributed by atoms with E-state index in [4.69, 9.17) is 4.74 Å². The molecule has 0 spiro atoms. The Morgan fingerprint density at radius 3 is 2.40 bits per heavy atom. The van der Waals surface area contributed by atoms with Crippen LogP contribution in [-0.4, -0.2) is 42.9 Å². The van der Waals surface area contributed by atoms with Crippen molar-refractivity contribution in [1.29, 1.82) is 0 Å². The highest BCUT2D eigenvalue weighted by Crippen LogP contribution is 2.33. The van der Waals surface area contributed by atoms with E-state index >= 15 is 0 Å². The largest absolute Gasteiger partial charge is 0.497 e. The molecule has 0 bridgehead atoms. The first-order valence-electron chi connectivity index (χ1n) is 9.71. The van der Waals surface area contributed by atoms with E-state index in [1.54, 1.807) is 49.6 Å². The lowest BCUT2D eigenvalue weighted by Gasteiger charge is -2.27. The Hall–Kier alpha value is -3.61. The highest BCUT2D eigenvalue weighted by molar-refractivity contribution is 6.10. The summed E-state index contributed by atoms with van der Waals surface area (Å²) in [4.78, 5) is 41.4. The minimum absolute atomic E-state index is 0.268. The zero-order valence-corrected chi connectivity index (χ0v) is 17.1. The molecule has 156 valence electrons. The van der Waals surface area contributed by atoms with Crippen LogP contribution in [0.25, 0.3) is 0 Å². The Morgan fingerprint density at radius 1 is 1.17 bits per heavy atom. The number of carbonyl (C=O) groups excluding carboxylic acids is 3. The van der Waals surface area contributed by atoms with Crippen LogP contribution in [0, 0.1) is 0 Å². The van der Waals surface area contributed by atoms with Gasteiger partial charge in [-0.1, -0.05) is 43.3 Å². The van der Waals surface area contributed by atoms with Gasteiger partial charge in [0.25, 0.3) is 5.91 Å². The van der Waals surface area contributed by atoms with Gasteiger partial charge < -0.3 is 15.0 Å². The van der Waals surface area contributed by atoms with Crippen LogP contribution in [0.3, 0.4) is 0 Å². The Kier molecular flexibility index (Phi) is 6.20. The van der Waals surface area contributed by atoms with Crippen LogP contribution >= 0.6 is 0 Å². The van der Waals surface area contributed by atoms with Crippen molar-refractivity contribution in [2.45, 2.75) is 18.9 Å². The maximum absolute atomic E-state index is 13.3. The number of carbonyl (C=O) groups is 3. The maximum atomic E-state index is 13.3. The van der Waals surface area contributed by atoms with E-state index in [-0.39, 0.29) is 19.0 Å². The minimum atomic E-state index is -1.21. The summed E-state index contributed by atoms with van der Waals surface area (Å²) >= 11 is 0. The molecule has 0 saturated carbocycles. The summed E-state index contributed by atoms with van der Waals surface area (Å²) < 4.78 is 5.17. The summed E-state index contributed by atoms with van der Waals surface area (Å²) in [6.07, 6.45) is 1.95. The number of para-hydroxylation sites is 1. The predicted molar refractivity (Wildman–Crippen MR) is 114 cm³/mol. The molecule has 7 heteroatoms. The number of nitrogens with one attached hydrogen (secondary N) is 1. The Morgan fingerprint density at radius 2 is 1.83 bits per heavy atom. The number of nitrogens with zero attached hydrogens (tertiary/aromatic N) is 2. The average Bonchev–Trinajstić information content (AvgIpc) is 3.03. The highest BCUT2D eigenvalue weighted by Gasteiger charge is 2.51. The summed E-state index contributed by atoms with van der Waals surface area (Å²) in [7, 11) is 1.56. The number of anilines is 1. The molecule has 4 amide bonds. The fourth-order valence-electron chi connectivity index (χ4n) is 3.59. The van der Waals surface area contributed by atoms with Crippen molar-refractivity contribution in [2.75, 3.05) is 25.1 Å². The summed E-state index contributed by atoms with van der Waals surface area (Å²) in [6.45, 7) is 5.43. The molecule has 0 aromatic heterocycles. The van der Waals surface area contributed by atoms with E-state index < -0.39 is 17.5 Å². The van der Waals surface area contributed by atoms with Crippen LogP contribution in [0.15, 0.2) is 67.3 Å². The number of ether oxygens (including phenoxy) is 1. The van der Waals surface area contributed by atoms with E-state index in [0.29, 0.717) is 23.4 Å². The molecule has 1 fully saturated rings. The third kappa shape index (κ3) is 3.78. The molecule has 2 aromatic rings. The van der Waals surface area contributed by atoms with Crippen LogP contribution < -0.4 is 15.0 Å². The normalized spacial score (nSPS) is 18.1.